The summed E-state index contributed by atoms with van der Waals surface area (Å²) < 4.78 is 0. The fraction of sp³-hybridized carbons (Fsp3) is 0.115. The molecule has 1 N–H and O–H groups in total. The highest BCUT2D eigenvalue weighted by Gasteiger charge is 2.26. The summed E-state index contributed by atoms with van der Waals surface area (Å²) in [4.78, 5) is 11.6. The number of carboxylic acids is 1. The van der Waals surface area contributed by atoms with Crippen LogP contribution in [0.4, 0.5) is 0 Å². The summed E-state index contributed by atoms with van der Waals surface area (Å²) in [6.07, 6.45) is 2.98. The Morgan fingerprint density at radius 3 is 2.48 bits per heavy atom. The van der Waals surface area contributed by atoms with Gasteiger partial charge in [0.2, 0.25) is 0 Å². The minimum Gasteiger partial charge on any atom is -0.481 e. The van der Waals surface area contributed by atoms with Crippen molar-refractivity contribution in [1.29, 1.82) is 0 Å². The predicted molar refractivity (Wildman–Crippen MR) is 121 cm³/mol. The first-order chi connectivity index (χ1) is 14.2. The van der Waals surface area contributed by atoms with Gasteiger partial charge >= 0.3 is 5.97 Å². The van der Waals surface area contributed by atoms with E-state index in [4.69, 9.17) is 0 Å². The molecular weight excluding hydrogens is 376 g/mol. The molecule has 2 nitrogen and oxygen atoms in total. The number of carbonyl (C=O) groups is 1. The molecule has 0 aliphatic heterocycles. The number of rotatable bonds is 4. The fourth-order valence-electron chi connectivity index (χ4n) is 3.71. The van der Waals surface area contributed by atoms with Gasteiger partial charge in [0.1, 0.15) is 0 Å². The van der Waals surface area contributed by atoms with Crippen molar-refractivity contribution in [1.82, 2.24) is 0 Å². The molecule has 0 unspecified atom stereocenters. The van der Waals surface area contributed by atoms with Crippen molar-refractivity contribution in [2.75, 3.05) is 0 Å². The molecule has 2 aromatic carbocycles. The number of hydrogen-bond acceptors (Lipinski definition) is 2. The Kier molecular flexibility index (Phi) is 5.46. The second-order valence-electron chi connectivity index (χ2n) is 6.87. The van der Waals surface area contributed by atoms with Crippen LogP contribution in [0, 0.1) is 11.8 Å². The third-order valence-corrected chi connectivity index (χ3v) is 5.69. The van der Waals surface area contributed by atoms with Gasteiger partial charge in [-0.25, -0.2) is 0 Å². The highest BCUT2D eigenvalue weighted by molar-refractivity contribution is 7.08. The molecule has 3 aromatic rings. The molecule has 3 heteroatoms. The molecule has 0 saturated heterocycles. The monoisotopic (exact) mass is 396 g/mol. The van der Waals surface area contributed by atoms with Crippen molar-refractivity contribution in [3.8, 4) is 11.8 Å². The zero-order valence-corrected chi connectivity index (χ0v) is 16.9. The van der Waals surface area contributed by atoms with E-state index in [1.165, 1.54) is 0 Å². The maximum absolute atomic E-state index is 11.6. The van der Waals surface area contributed by atoms with Crippen molar-refractivity contribution in [3.05, 3.63) is 98.7 Å². The number of hydrogen-bond donors (Lipinski definition) is 1. The van der Waals surface area contributed by atoms with Crippen LogP contribution in [-0.4, -0.2) is 11.1 Å². The van der Waals surface area contributed by atoms with E-state index < -0.39 is 5.97 Å². The lowest BCUT2D eigenvalue weighted by molar-refractivity contribution is -0.135. The van der Waals surface area contributed by atoms with Crippen molar-refractivity contribution in [2.45, 2.75) is 19.8 Å². The molecule has 0 fully saturated rings. The zero-order chi connectivity index (χ0) is 20.2. The van der Waals surface area contributed by atoms with Crippen LogP contribution in [0.2, 0.25) is 0 Å². The summed E-state index contributed by atoms with van der Waals surface area (Å²) in [5.41, 5.74) is 8.22. The standard InChI is InChI=1S/C26H20O2S/c1-2-21-23(15-20-12-13-29-17-20)22-11-10-19(9-8-18-6-4-3-5-7-18)14-24(22)25(21)16-26(27)28/h3-7,10-15,17H,2,16H2,1H3,(H,27,28)/b23-15-. The first-order valence-electron chi connectivity index (χ1n) is 9.55. The average Bonchev–Trinajstić information content (AvgIpc) is 3.34. The van der Waals surface area contributed by atoms with E-state index in [0.29, 0.717) is 0 Å². The molecule has 1 aliphatic rings. The highest BCUT2D eigenvalue weighted by atomic mass is 32.1. The molecule has 4 rings (SSSR count). The summed E-state index contributed by atoms with van der Waals surface area (Å²) in [6.45, 7) is 2.08. The first-order valence-corrected chi connectivity index (χ1v) is 10.5. The number of aliphatic carboxylic acids is 1. The summed E-state index contributed by atoms with van der Waals surface area (Å²) >= 11 is 1.66. The van der Waals surface area contributed by atoms with Crippen molar-refractivity contribution in [3.63, 3.8) is 0 Å². The SMILES string of the molecule is CCC1=C(CC(=O)O)c2cc(C#Cc3ccccc3)ccc2/C1=C\c1ccsc1. The van der Waals surface area contributed by atoms with Gasteiger partial charge in [-0.1, -0.05) is 43.0 Å². The van der Waals surface area contributed by atoms with Gasteiger partial charge in [0, 0.05) is 11.1 Å². The quantitative estimate of drug-likeness (QED) is 0.523. The predicted octanol–water partition coefficient (Wildman–Crippen LogP) is 6.34. The van der Waals surface area contributed by atoms with Gasteiger partial charge in [-0.05, 0) is 87.0 Å². The number of benzene rings is 2. The normalized spacial score (nSPS) is 13.9. The molecule has 0 bridgehead atoms. The van der Waals surface area contributed by atoms with E-state index in [0.717, 1.165) is 51.0 Å². The van der Waals surface area contributed by atoms with E-state index in [9.17, 15) is 9.90 Å². The van der Waals surface area contributed by atoms with E-state index >= 15 is 0 Å². The van der Waals surface area contributed by atoms with Crippen molar-refractivity contribution < 1.29 is 9.90 Å². The topological polar surface area (TPSA) is 37.3 Å². The Labute approximate surface area is 174 Å². The van der Waals surface area contributed by atoms with Gasteiger partial charge in [-0.3, -0.25) is 4.79 Å². The number of thiophene rings is 1. The van der Waals surface area contributed by atoms with Gasteiger partial charge in [-0.15, -0.1) is 0 Å². The van der Waals surface area contributed by atoms with Crippen LogP contribution in [0.1, 0.15) is 47.6 Å². The van der Waals surface area contributed by atoms with Crippen LogP contribution in [0.5, 0.6) is 0 Å². The van der Waals surface area contributed by atoms with Gasteiger partial charge in [0.25, 0.3) is 0 Å². The maximum Gasteiger partial charge on any atom is 0.307 e. The lowest BCUT2D eigenvalue weighted by atomic mass is 9.98. The van der Waals surface area contributed by atoms with E-state index in [2.05, 4.69) is 47.7 Å². The smallest absolute Gasteiger partial charge is 0.307 e. The van der Waals surface area contributed by atoms with Gasteiger partial charge in [0.15, 0.2) is 0 Å². The van der Waals surface area contributed by atoms with Crippen LogP contribution in [0.15, 0.2) is 70.9 Å². The molecule has 29 heavy (non-hydrogen) atoms. The summed E-state index contributed by atoms with van der Waals surface area (Å²) in [6, 6.07) is 18.1. The molecule has 0 amide bonds. The van der Waals surface area contributed by atoms with Gasteiger partial charge in [0.05, 0.1) is 6.42 Å². The second-order valence-corrected chi connectivity index (χ2v) is 7.65. The van der Waals surface area contributed by atoms with Crippen molar-refractivity contribution in [2.24, 2.45) is 0 Å². The largest absolute Gasteiger partial charge is 0.481 e. The number of carboxylic acid groups (broad SMARTS) is 1. The molecule has 142 valence electrons. The Morgan fingerprint density at radius 1 is 1.00 bits per heavy atom. The third-order valence-electron chi connectivity index (χ3n) is 4.98. The summed E-state index contributed by atoms with van der Waals surface area (Å²) in [7, 11) is 0. The molecule has 0 atom stereocenters. The molecule has 0 spiro atoms. The van der Waals surface area contributed by atoms with Gasteiger partial charge in [-0.2, -0.15) is 11.3 Å². The molecule has 1 heterocycles. The average molecular weight is 397 g/mol. The molecule has 0 saturated carbocycles. The van der Waals surface area contributed by atoms with E-state index in [1.807, 2.05) is 42.5 Å². The first kappa shape index (κ1) is 19.0. The minimum absolute atomic E-state index is 0.0206. The van der Waals surface area contributed by atoms with Crippen LogP contribution < -0.4 is 0 Å². The lowest BCUT2D eigenvalue weighted by Crippen LogP contribution is -1.97. The van der Waals surface area contributed by atoms with Crippen LogP contribution in [-0.2, 0) is 4.79 Å². The van der Waals surface area contributed by atoms with E-state index in [-0.39, 0.29) is 6.42 Å². The van der Waals surface area contributed by atoms with Crippen LogP contribution in [0.3, 0.4) is 0 Å². The van der Waals surface area contributed by atoms with Gasteiger partial charge < -0.3 is 5.11 Å². The highest BCUT2D eigenvalue weighted by Crippen LogP contribution is 2.45. The minimum atomic E-state index is -0.811. The molecular formula is C26H20O2S. The Morgan fingerprint density at radius 2 is 1.79 bits per heavy atom. The number of allylic oxidation sites excluding steroid dienone is 2. The van der Waals surface area contributed by atoms with Crippen LogP contribution >= 0.6 is 11.3 Å². The molecule has 1 aliphatic carbocycles. The lowest BCUT2D eigenvalue weighted by Gasteiger charge is -2.05. The third kappa shape index (κ3) is 4.08. The Balaban J connectivity index is 1.82. The zero-order valence-electron chi connectivity index (χ0n) is 16.1. The number of fused-ring (bicyclic) bond motifs is 1. The maximum atomic E-state index is 11.6. The Bertz CT molecular complexity index is 1170. The fourth-order valence-corrected chi connectivity index (χ4v) is 4.32. The summed E-state index contributed by atoms with van der Waals surface area (Å²) in [5.74, 6) is 5.59. The summed E-state index contributed by atoms with van der Waals surface area (Å²) in [5, 5.41) is 13.7. The molecule has 1 aromatic heterocycles. The van der Waals surface area contributed by atoms with Crippen molar-refractivity contribution >= 4 is 34.5 Å². The second kappa shape index (κ2) is 8.34. The van der Waals surface area contributed by atoms with E-state index in [1.54, 1.807) is 11.3 Å². The Hall–Kier alpha value is -3.35. The van der Waals surface area contributed by atoms with Crippen LogP contribution in [0.25, 0.3) is 17.2 Å². The molecule has 0 radical (unpaired) electrons.